The van der Waals surface area contributed by atoms with Crippen LogP contribution in [0.3, 0.4) is 0 Å². The van der Waals surface area contributed by atoms with E-state index >= 15 is 0 Å². The minimum Gasteiger partial charge on any atom is -0.481 e. The minimum absolute atomic E-state index is 0.0514. The molecule has 64 valence electrons. The van der Waals surface area contributed by atoms with Crippen LogP contribution in [0, 0.1) is 23.7 Å². The summed E-state index contributed by atoms with van der Waals surface area (Å²) in [7, 11) is 0. The van der Waals surface area contributed by atoms with Crippen LogP contribution in [0.15, 0.2) is 0 Å². The smallest absolute Gasteiger partial charge is 0.307 e. The number of rotatable bonds is 2. The Bertz CT molecular complexity index is 270. The lowest BCUT2D eigenvalue weighted by Crippen LogP contribution is -2.17. The Morgan fingerprint density at radius 1 is 1.58 bits per heavy atom. The van der Waals surface area contributed by atoms with Crippen molar-refractivity contribution in [3.8, 4) is 0 Å². The fourth-order valence-electron chi connectivity index (χ4n) is 2.22. The molecule has 1 N–H and O–H groups in total. The number of aliphatic carboxylic acids is 1. The first-order valence-corrected chi connectivity index (χ1v) is 3.87. The maximum absolute atomic E-state index is 11.1. The van der Waals surface area contributed by atoms with Gasteiger partial charge in [0, 0.05) is 18.3 Å². The number of hydrogen-bond acceptors (Lipinski definition) is 3. The Kier molecular flexibility index (Phi) is 1.34. The van der Waals surface area contributed by atoms with Crippen LogP contribution in [0.4, 0.5) is 0 Å². The molecule has 0 aliphatic heterocycles. The molecule has 0 aromatic rings. The molecule has 0 heterocycles. The lowest BCUT2D eigenvalue weighted by Gasteiger charge is -2.03. The molecule has 2 aliphatic rings. The molecule has 0 saturated heterocycles. The highest BCUT2D eigenvalue weighted by Crippen LogP contribution is 2.57. The van der Waals surface area contributed by atoms with E-state index < -0.39 is 11.9 Å². The Morgan fingerprint density at radius 2 is 2.25 bits per heavy atom. The van der Waals surface area contributed by atoms with E-state index in [0.29, 0.717) is 6.29 Å². The van der Waals surface area contributed by atoms with Gasteiger partial charge in [0.1, 0.15) is 12.1 Å². The number of ketones is 1. The van der Waals surface area contributed by atoms with Gasteiger partial charge in [-0.1, -0.05) is 0 Å². The second-order valence-corrected chi connectivity index (χ2v) is 3.43. The van der Waals surface area contributed by atoms with Gasteiger partial charge in [-0.25, -0.2) is 0 Å². The molecule has 0 aromatic heterocycles. The van der Waals surface area contributed by atoms with E-state index in [0.717, 1.165) is 0 Å². The Balaban J connectivity index is 2.18. The van der Waals surface area contributed by atoms with Crippen LogP contribution in [0.5, 0.6) is 0 Å². The van der Waals surface area contributed by atoms with Crippen LogP contribution < -0.4 is 0 Å². The summed E-state index contributed by atoms with van der Waals surface area (Å²) >= 11 is 0. The SMILES string of the molecule is O=CC1C2C(=O)CC(C(=O)O)C12. The van der Waals surface area contributed by atoms with Crippen molar-refractivity contribution in [2.45, 2.75) is 6.42 Å². The third-order valence-electron chi connectivity index (χ3n) is 2.86. The van der Waals surface area contributed by atoms with Gasteiger partial charge in [0.15, 0.2) is 0 Å². The molecule has 0 radical (unpaired) electrons. The first-order chi connectivity index (χ1) is 5.66. The van der Waals surface area contributed by atoms with Gasteiger partial charge >= 0.3 is 5.97 Å². The first kappa shape index (κ1) is 7.46. The molecule has 0 amide bonds. The molecule has 0 bridgehead atoms. The lowest BCUT2D eigenvalue weighted by atomic mass is 10.0. The molecule has 2 aliphatic carbocycles. The highest BCUT2D eigenvalue weighted by atomic mass is 16.4. The first-order valence-electron chi connectivity index (χ1n) is 3.87. The maximum atomic E-state index is 11.1. The highest BCUT2D eigenvalue weighted by molar-refractivity contribution is 5.96. The van der Waals surface area contributed by atoms with Gasteiger partial charge in [-0.05, 0) is 5.92 Å². The summed E-state index contributed by atoms with van der Waals surface area (Å²) in [6, 6.07) is 0. The van der Waals surface area contributed by atoms with E-state index in [4.69, 9.17) is 5.11 Å². The average molecular weight is 168 g/mol. The summed E-state index contributed by atoms with van der Waals surface area (Å²) in [5.74, 6) is -2.34. The van der Waals surface area contributed by atoms with Crippen molar-refractivity contribution in [2.75, 3.05) is 0 Å². The van der Waals surface area contributed by atoms with E-state index in [1.807, 2.05) is 0 Å². The number of fused-ring (bicyclic) bond motifs is 1. The number of carbonyl (C=O) groups excluding carboxylic acids is 2. The quantitative estimate of drug-likeness (QED) is 0.575. The van der Waals surface area contributed by atoms with E-state index in [9.17, 15) is 14.4 Å². The summed E-state index contributed by atoms with van der Waals surface area (Å²) in [5, 5.41) is 8.67. The molecular formula is C8H8O4. The van der Waals surface area contributed by atoms with Crippen molar-refractivity contribution in [3.05, 3.63) is 0 Å². The number of Topliss-reactive ketones (excluding diaryl/α,β-unsaturated/α-hetero) is 1. The zero-order valence-electron chi connectivity index (χ0n) is 6.27. The number of carboxylic acids is 1. The van der Waals surface area contributed by atoms with Crippen LogP contribution in [0.1, 0.15) is 6.42 Å². The summed E-state index contributed by atoms with van der Waals surface area (Å²) in [6.45, 7) is 0. The normalized spacial score (nSPS) is 43.8. The molecule has 12 heavy (non-hydrogen) atoms. The van der Waals surface area contributed by atoms with Gasteiger partial charge < -0.3 is 9.90 Å². The van der Waals surface area contributed by atoms with Gasteiger partial charge in [-0.15, -0.1) is 0 Å². The van der Waals surface area contributed by atoms with Crippen LogP contribution >= 0.6 is 0 Å². The van der Waals surface area contributed by atoms with E-state index in [2.05, 4.69) is 0 Å². The molecule has 2 rings (SSSR count). The molecule has 4 unspecified atom stereocenters. The molecule has 4 heteroatoms. The summed E-state index contributed by atoms with van der Waals surface area (Å²) < 4.78 is 0. The number of aldehydes is 1. The third-order valence-corrected chi connectivity index (χ3v) is 2.86. The van der Waals surface area contributed by atoms with Crippen molar-refractivity contribution < 1.29 is 19.5 Å². The molecule has 2 saturated carbocycles. The van der Waals surface area contributed by atoms with Gasteiger partial charge in [-0.3, -0.25) is 9.59 Å². The third kappa shape index (κ3) is 0.748. The minimum atomic E-state index is -0.944. The fourth-order valence-corrected chi connectivity index (χ4v) is 2.22. The Labute approximate surface area is 68.6 Å². The van der Waals surface area contributed by atoms with Crippen LogP contribution in [-0.2, 0) is 14.4 Å². The molecule has 4 atom stereocenters. The Morgan fingerprint density at radius 3 is 2.67 bits per heavy atom. The largest absolute Gasteiger partial charge is 0.481 e. The molecule has 0 aromatic carbocycles. The monoisotopic (exact) mass is 168 g/mol. The number of carbonyl (C=O) groups is 3. The van der Waals surface area contributed by atoms with Crippen molar-refractivity contribution in [3.63, 3.8) is 0 Å². The lowest BCUT2D eigenvalue weighted by molar-refractivity contribution is -0.143. The second-order valence-electron chi connectivity index (χ2n) is 3.43. The van der Waals surface area contributed by atoms with Gasteiger partial charge in [0.2, 0.25) is 0 Å². The molecular weight excluding hydrogens is 160 g/mol. The van der Waals surface area contributed by atoms with Gasteiger partial charge in [0.05, 0.1) is 5.92 Å². The van der Waals surface area contributed by atoms with E-state index in [-0.39, 0.29) is 30.0 Å². The average Bonchev–Trinajstić information content (AvgIpc) is 2.64. The number of hydrogen-bond donors (Lipinski definition) is 1. The highest BCUT2D eigenvalue weighted by Gasteiger charge is 2.64. The van der Waals surface area contributed by atoms with Crippen molar-refractivity contribution in [2.24, 2.45) is 23.7 Å². The topological polar surface area (TPSA) is 71.4 Å². The van der Waals surface area contributed by atoms with Crippen molar-refractivity contribution in [1.82, 2.24) is 0 Å². The van der Waals surface area contributed by atoms with Gasteiger partial charge in [0.25, 0.3) is 0 Å². The summed E-state index contributed by atoms with van der Waals surface area (Å²) in [6.07, 6.45) is 0.831. The Hall–Kier alpha value is -1.19. The predicted molar refractivity (Wildman–Crippen MR) is 37.3 cm³/mol. The van der Waals surface area contributed by atoms with Crippen LogP contribution in [-0.4, -0.2) is 23.1 Å². The summed E-state index contributed by atoms with van der Waals surface area (Å²) in [5.41, 5.74) is 0. The molecule has 4 nitrogen and oxygen atoms in total. The van der Waals surface area contributed by atoms with Crippen molar-refractivity contribution >= 4 is 18.0 Å². The van der Waals surface area contributed by atoms with Crippen molar-refractivity contribution in [1.29, 1.82) is 0 Å². The van der Waals surface area contributed by atoms with E-state index in [1.54, 1.807) is 0 Å². The fraction of sp³-hybridized carbons (Fsp3) is 0.625. The molecule has 2 fully saturated rings. The number of carboxylic acid groups (broad SMARTS) is 1. The second kappa shape index (κ2) is 2.15. The zero-order valence-corrected chi connectivity index (χ0v) is 6.27. The van der Waals surface area contributed by atoms with E-state index in [1.165, 1.54) is 0 Å². The van der Waals surface area contributed by atoms with Crippen LogP contribution in [0.25, 0.3) is 0 Å². The van der Waals surface area contributed by atoms with Crippen LogP contribution in [0.2, 0.25) is 0 Å². The predicted octanol–water partition coefficient (Wildman–Crippen LogP) is -0.279. The molecule has 0 spiro atoms. The maximum Gasteiger partial charge on any atom is 0.307 e. The standard InChI is InChI=1S/C8H8O4/c9-2-4-6-3(8(11)12)1-5(10)7(4)6/h2-4,6-7H,1H2,(H,11,12). The zero-order chi connectivity index (χ0) is 8.88. The summed E-state index contributed by atoms with van der Waals surface area (Å²) in [4.78, 5) is 32.0. The van der Waals surface area contributed by atoms with Gasteiger partial charge in [-0.2, -0.15) is 0 Å².